The number of hydrogen-bond acceptors (Lipinski definition) is 1. The first-order valence-electron chi connectivity index (χ1n) is 5.01. The van der Waals surface area contributed by atoms with E-state index in [1.165, 1.54) is 0 Å². The molecule has 1 aromatic carbocycles. The number of allylic oxidation sites excluding steroid dienone is 1. The molecule has 0 aliphatic carbocycles. The molecule has 0 unspecified atom stereocenters. The van der Waals surface area contributed by atoms with Crippen molar-refractivity contribution < 1.29 is 4.79 Å². The lowest BCUT2D eigenvalue weighted by Gasteiger charge is -2.01. The van der Waals surface area contributed by atoms with Crippen LogP contribution >= 0.6 is 0 Å². The Kier molecular flexibility index (Phi) is 4.11. The topological polar surface area (TPSA) is 17.1 Å². The molecule has 0 heterocycles. The Balaban J connectivity index is 2.61. The van der Waals surface area contributed by atoms with E-state index in [1.54, 1.807) is 6.08 Å². The highest BCUT2D eigenvalue weighted by atomic mass is 16.1. The number of carbonyl (C=O) groups excluding carboxylic acids is 1. The highest BCUT2D eigenvalue weighted by molar-refractivity contribution is 5.95. The molecule has 1 atom stereocenters. The Bertz CT molecular complexity index is 311. The molecule has 0 saturated carbocycles. The third kappa shape index (κ3) is 3.17. The number of rotatable bonds is 4. The van der Waals surface area contributed by atoms with Gasteiger partial charge in [0, 0.05) is 5.92 Å². The van der Waals surface area contributed by atoms with Gasteiger partial charge in [-0.1, -0.05) is 50.3 Å². The summed E-state index contributed by atoms with van der Waals surface area (Å²) in [7, 11) is 0. The van der Waals surface area contributed by atoms with E-state index in [1.807, 2.05) is 50.3 Å². The van der Waals surface area contributed by atoms with Crippen molar-refractivity contribution in [2.75, 3.05) is 0 Å². The molecule has 0 aromatic heterocycles. The van der Waals surface area contributed by atoms with Crippen molar-refractivity contribution in [3.8, 4) is 0 Å². The Morgan fingerprint density at radius 2 is 2.00 bits per heavy atom. The van der Waals surface area contributed by atoms with Crippen molar-refractivity contribution in [3.63, 3.8) is 0 Å². The minimum absolute atomic E-state index is 0.134. The molecule has 1 nitrogen and oxygen atoms in total. The second kappa shape index (κ2) is 5.38. The maximum atomic E-state index is 11.5. The summed E-state index contributed by atoms with van der Waals surface area (Å²) < 4.78 is 0. The van der Waals surface area contributed by atoms with Crippen molar-refractivity contribution in [1.82, 2.24) is 0 Å². The summed E-state index contributed by atoms with van der Waals surface area (Å²) in [5, 5.41) is 0. The Morgan fingerprint density at radius 3 is 2.57 bits per heavy atom. The summed E-state index contributed by atoms with van der Waals surface area (Å²) in [6, 6.07) is 9.87. The Morgan fingerprint density at radius 1 is 1.36 bits per heavy atom. The van der Waals surface area contributed by atoms with Crippen molar-refractivity contribution >= 4 is 11.9 Å². The van der Waals surface area contributed by atoms with Crippen LogP contribution in [0.1, 0.15) is 25.8 Å². The summed E-state index contributed by atoms with van der Waals surface area (Å²) in [6.45, 7) is 3.98. The Labute approximate surface area is 85.5 Å². The van der Waals surface area contributed by atoms with E-state index >= 15 is 0 Å². The molecular weight excluding hydrogens is 172 g/mol. The molecule has 0 spiro atoms. The van der Waals surface area contributed by atoms with Gasteiger partial charge in [-0.05, 0) is 18.1 Å². The maximum Gasteiger partial charge on any atom is 0.158 e. The molecule has 0 aliphatic rings. The van der Waals surface area contributed by atoms with Crippen molar-refractivity contribution in [1.29, 1.82) is 0 Å². The van der Waals surface area contributed by atoms with Crippen molar-refractivity contribution in [2.24, 2.45) is 5.92 Å². The number of hydrogen-bond donors (Lipinski definition) is 0. The van der Waals surface area contributed by atoms with Gasteiger partial charge in [-0.15, -0.1) is 0 Å². The third-order valence-electron chi connectivity index (χ3n) is 2.34. The molecule has 0 aliphatic heterocycles. The van der Waals surface area contributed by atoms with Gasteiger partial charge in [-0.3, -0.25) is 4.79 Å². The van der Waals surface area contributed by atoms with Crippen molar-refractivity contribution in [3.05, 3.63) is 42.0 Å². The average Bonchev–Trinajstić information content (AvgIpc) is 2.26. The van der Waals surface area contributed by atoms with E-state index in [0.717, 1.165) is 12.0 Å². The predicted octanol–water partition coefficient (Wildman–Crippen LogP) is 3.32. The number of ketones is 1. The van der Waals surface area contributed by atoms with Crippen LogP contribution in [0.3, 0.4) is 0 Å². The van der Waals surface area contributed by atoms with Crippen LogP contribution < -0.4 is 0 Å². The highest BCUT2D eigenvalue weighted by Crippen LogP contribution is 2.06. The first kappa shape index (κ1) is 10.7. The van der Waals surface area contributed by atoms with Crippen LogP contribution in [0.4, 0.5) is 0 Å². The van der Waals surface area contributed by atoms with Crippen LogP contribution in [0.5, 0.6) is 0 Å². The van der Waals surface area contributed by atoms with Gasteiger partial charge >= 0.3 is 0 Å². The van der Waals surface area contributed by atoms with E-state index in [9.17, 15) is 4.79 Å². The largest absolute Gasteiger partial charge is 0.295 e. The van der Waals surface area contributed by atoms with Gasteiger partial charge < -0.3 is 0 Å². The quantitative estimate of drug-likeness (QED) is 0.662. The smallest absolute Gasteiger partial charge is 0.158 e. The molecule has 0 N–H and O–H groups in total. The molecule has 1 rings (SSSR count). The minimum atomic E-state index is 0.134. The molecular formula is C13H16O. The zero-order chi connectivity index (χ0) is 10.4. The molecule has 74 valence electrons. The lowest BCUT2D eigenvalue weighted by atomic mass is 10.0. The van der Waals surface area contributed by atoms with E-state index in [2.05, 4.69) is 0 Å². The Hall–Kier alpha value is -1.37. The first-order chi connectivity index (χ1) is 6.74. The van der Waals surface area contributed by atoms with Crippen LogP contribution in [0, 0.1) is 5.92 Å². The molecule has 0 bridgehead atoms. The zero-order valence-electron chi connectivity index (χ0n) is 8.73. The van der Waals surface area contributed by atoms with Gasteiger partial charge in [0.2, 0.25) is 0 Å². The summed E-state index contributed by atoms with van der Waals surface area (Å²) in [5.41, 5.74) is 1.07. The molecule has 0 radical (unpaired) electrons. The fourth-order valence-corrected chi connectivity index (χ4v) is 1.11. The van der Waals surface area contributed by atoms with Crippen LogP contribution in [-0.2, 0) is 4.79 Å². The number of carbonyl (C=O) groups is 1. The van der Waals surface area contributed by atoms with Crippen molar-refractivity contribution in [2.45, 2.75) is 20.3 Å². The van der Waals surface area contributed by atoms with Gasteiger partial charge in [0.15, 0.2) is 5.78 Å². The standard InChI is InChI=1S/C13H16O/c1-3-11(2)13(14)10-9-12-7-5-4-6-8-12/h4-11H,3H2,1-2H3/b10-9-/t11-/m1/s1. The van der Waals surface area contributed by atoms with Gasteiger partial charge in [-0.25, -0.2) is 0 Å². The van der Waals surface area contributed by atoms with Crippen LogP contribution in [0.25, 0.3) is 6.08 Å². The van der Waals surface area contributed by atoms with Crippen LogP contribution in [-0.4, -0.2) is 5.78 Å². The second-order valence-electron chi connectivity index (χ2n) is 3.46. The second-order valence-corrected chi connectivity index (χ2v) is 3.46. The molecule has 0 saturated heterocycles. The van der Waals surface area contributed by atoms with Gasteiger partial charge in [0.05, 0.1) is 0 Å². The van der Waals surface area contributed by atoms with Gasteiger partial charge in [0.1, 0.15) is 0 Å². The molecule has 14 heavy (non-hydrogen) atoms. The zero-order valence-corrected chi connectivity index (χ0v) is 8.73. The summed E-state index contributed by atoms with van der Waals surface area (Å²) in [5.74, 6) is 0.339. The molecule has 0 amide bonds. The summed E-state index contributed by atoms with van der Waals surface area (Å²) in [6.07, 6.45) is 4.44. The average molecular weight is 188 g/mol. The van der Waals surface area contributed by atoms with E-state index in [0.29, 0.717) is 0 Å². The summed E-state index contributed by atoms with van der Waals surface area (Å²) >= 11 is 0. The van der Waals surface area contributed by atoms with Crippen LogP contribution in [0.2, 0.25) is 0 Å². The molecule has 1 aromatic rings. The monoisotopic (exact) mass is 188 g/mol. The number of benzene rings is 1. The highest BCUT2D eigenvalue weighted by Gasteiger charge is 2.05. The normalized spacial score (nSPS) is 13.0. The van der Waals surface area contributed by atoms with E-state index < -0.39 is 0 Å². The minimum Gasteiger partial charge on any atom is -0.295 e. The van der Waals surface area contributed by atoms with Crippen LogP contribution in [0.15, 0.2) is 36.4 Å². The SMILES string of the molecule is CC[C@@H](C)C(=O)/C=C\c1ccccc1. The predicted molar refractivity (Wildman–Crippen MR) is 59.9 cm³/mol. The van der Waals surface area contributed by atoms with Gasteiger partial charge in [0.25, 0.3) is 0 Å². The maximum absolute atomic E-state index is 11.5. The van der Waals surface area contributed by atoms with E-state index in [4.69, 9.17) is 0 Å². The van der Waals surface area contributed by atoms with Gasteiger partial charge in [-0.2, -0.15) is 0 Å². The third-order valence-corrected chi connectivity index (χ3v) is 2.34. The molecule has 0 fully saturated rings. The first-order valence-corrected chi connectivity index (χ1v) is 5.01. The lowest BCUT2D eigenvalue weighted by molar-refractivity contribution is -0.117. The molecule has 1 heteroatoms. The van der Waals surface area contributed by atoms with E-state index in [-0.39, 0.29) is 11.7 Å². The fourth-order valence-electron chi connectivity index (χ4n) is 1.11. The lowest BCUT2D eigenvalue weighted by Crippen LogP contribution is -2.05. The summed E-state index contributed by atoms with van der Waals surface area (Å²) in [4.78, 5) is 11.5. The fraction of sp³-hybridized carbons (Fsp3) is 0.308.